The van der Waals surface area contributed by atoms with Crippen LogP contribution in [0.1, 0.15) is 5.56 Å². The van der Waals surface area contributed by atoms with E-state index in [4.69, 9.17) is 11.6 Å². The predicted octanol–water partition coefficient (Wildman–Crippen LogP) is 3.84. The molecule has 1 aliphatic rings. The fourth-order valence-corrected chi connectivity index (χ4v) is 1.86. The number of halogens is 2. The van der Waals surface area contributed by atoms with Crippen LogP contribution in [0.15, 0.2) is 48.7 Å². The van der Waals surface area contributed by atoms with E-state index in [0.717, 1.165) is 17.0 Å². The summed E-state index contributed by atoms with van der Waals surface area (Å²) in [4.78, 5) is 1.92. The van der Waals surface area contributed by atoms with Gasteiger partial charge in [0.05, 0.1) is 5.02 Å². The van der Waals surface area contributed by atoms with E-state index in [2.05, 4.69) is 6.58 Å². The topological polar surface area (TPSA) is 3.24 Å². The lowest BCUT2D eigenvalue weighted by Gasteiger charge is -2.26. The summed E-state index contributed by atoms with van der Waals surface area (Å²) in [5, 5.41) is 0.404. The molecule has 1 heterocycles. The average molecular weight is 236 g/mol. The number of nitrogens with zero attached hydrogens (tertiary/aromatic N) is 1. The molecular formula is C13H11ClFN. The van der Waals surface area contributed by atoms with Crippen LogP contribution in [0.2, 0.25) is 5.02 Å². The van der Waals surface area contributed by atoms with Crippen LogP contribution >= 0.6 is 11.6 Å². The molecule has 1 aromatic carbocycles. The molecule has 1 aliphatic heterocycles. The van der Waals surface area contributed by atoms with Crippen LogP contribution < -0.4 is 0 Å². The van der Waals surface area contributed by atoms with Crippen molar-refractivity contribution in [3.8, 4) is 0 Å². The smallest absolute Gasteiger partial charge is 0.124 e. The van der Waals surface area contributed by atoms with Gasteiger partial charge in [-0.1, -0.05) is 24.3 Å². The highest BCUT2D eigenvalue weighted by Crippen LogP contribution is 2.30. The minimum Gasteiger partial charge on any atom is -0.345 e. The van der Waals surface area contributed by atoms with E-state index in [-0.39, 0.29) is 5.82 Å². The largest absolute Gasteiger partial charge is 0.345 e. The van der Waals surface area contributed by atoms with Crippen molar-refractivity contribution in [2.45, 2.75) is 0 Å². The van der Waals surface area contributed by atoms with Gasteiger partial charge in [-0.3, -0.25) is 0 Å². The Hall–Kier alpha value is -1.54. The number of rotatable bonds is 1. The number of likely N-dealkylation sites (N-methyl/N-ethyl adjacent to an activating group) is 1. The molecule has 1 aromatic rings. The summed E-state index contributed by atoms with van der Waals surface area (Å²) in [6, 6.07) is 4.38. The maximum absolute atomic E-state index is 12.9. The van der Waals surface area contributed by atoms with Gasteiger partial charge in [-0.25, -0.2) is 4.39 Å². The SMILES string of the molecule is C=C1C=CC=C(c2ccc(F)cc2Cl)N1C. The molecular weight excluding hydrogens is 225 g/mol. The molecule has 0 aliphatic carbocycles. The Balaban J connectivity index is 2.48. The third-order valence-electron chi connectivity index (χ3n) is 2.54. The maximum Gasteiger partial charge on any atom is 0.124 e. The molecule has 0 spiro atoms. The van der Waals surface area contributed by atoms with Gasteiger partial charge in [0, 0.05) is 24.0 Å². The maximum atomic E-state index is 12.9. The quantitative estimate of drug-likeness (QED) is 0.715. The fourth-order valence-electron chi connectivity index (χ4n) is 1.60. The van der Waals surface area contributed by atoms with Crippen molar-refractivity contribution in [1.29, 1.82) is 0 Å². The van der Waals surface area contributed by atoms with Gasteiger partial charge in [-0.05, 0) is 30.4 Å². The Bertz CT molecular complexity index is 503. The van der Waals surface area contributed by atoms with E-state index in [1.165, 1.54) is 12.1 Å². The summed E-state index contributed by atoms with van der Waals surface area (Å²) >= 11 is 6.01. The van der Waals surface area contributed by atoms with Crippen molar-refractivity contribution in [3.05, 3.63) is 65.1 Å². The third-order valence-corrected chi connectivity index (χ3v) is 2.85. The van der Waals surface area contributed by atoms with E-state index >= 15 is 0 Å². The lowest BCUT2D eigenvalue weighted by Crippen LogP contribution is -2.16. The normalized spacial score (nSPS) is 15.3. The second kappa shape index (κ2) is 4.14. The van der Waals surface area contributed by atoms with Crippen LogP contribution in [-0.2, 0) is 0 Å². The van der Waals surface area contributed by atoms with Crippen molar-refractivity contribution in [1.82, 2.24) is 4.90 Å². The number of benzene rings is 1. The Kier molecular flexibility index (Phi) is 2.84. The monoisotopic (exact) mass is 235 g/mol. The van der Waals surface area contributed by atoms with Gasteiger partial charge in [0.2, 0.25) is 0 Å². The van der Waals surface area contributed by atoms with Gasteiger partial charge in [0.15, 0.2) is 0 Å². The molecule has 16 heavy (non-hydrogen) atoms. The zero-order valence-electron chi connectivity index (χ0n) is 8.87. The van der Waals surface area contributed by atoms with Crippen LogP contribution in [0.25, 0.3) is 5.70 Å². The van der Waals surface area contributed by atoms with Crippen LogP contribution in [-0.4, -0.2) is 11.9 Å². The van der Waals surface area contributed by atoms with Crippen LogP contribution in [0, 0.1) is 5.82 Å². The Morgan fingerprint density at radius 2 is 2.12 bits per heavy atom. The highest BCUT2D eigenvalue weighted by molar-refractivity contribution is 6.32. The highest BCUT2D eigenvalue weighted by Gasteiger charge is 2.14. The minimum atomic E-state index is -0.331. The molecule has 0 bridgehead atoms. The molecule has 3 heteroatoms. The molecule has 0 atom stereocenters. The van der Waals surface area contributed by atoms with Crippen LogP contribution in [0.5, 0.6) is 0 Å². The van der Waals surface area contributed by atoms with Crippen molar-refractivity contribution < 1.29 is 4.39 Å². The first kappa shape index (κ1) is 11.0. The minimum absolute atomic E-state index is 0.331. The van der Waals surface area contributed by atoms with E-state index < -0.39 is 0 Å². The molecule has 0 saturated carbocycles. The zero-order chi connectivity index (χ0) is 11.7. The Morgan fingerprint density at radius 1 is 1.38 bits per heavy atom. The number of hydrogen-bond donors (Lipinski definition) is 0. The summed E-state index contributed by atoms with van der Waals surface area (Å²) in [6.07, 6.45) is 5.73. The molecule has 0 unspecified atom stereocenters. The van der Waals surface area contributed by atoms with Crippen LogP contribution in [0.3, 0.4) is 0 Å². The summed E-state index contributed by atoms with van der Waals surface area (Å²) in [7, 11) is 1.90. The van der Waals surface area contributed by atoms with Gasteiger partial charge >= 0.3 is 0 Å². The predicted molar refractivity (Wildman–Crippen MR) is 65.4 cm³/mol. The van der Waals surface area contributed by atoms with Crippen molar-refractivity contribution in [3.63, 3.8) is 0 Å². The van der Waals surface area contributed by atoms with Crippen molar-refractivity contribution >= 4 is 17.3 Å². The molecule has 2 rings (SSSR count). The van der Waals surface area contributed by atoms with E-state index in [0.29, 0.717) is 5.02 Å². The second-order valence-corrected chi connectivity index (χ2v) is 3.99. The second-order valence-electron chi connectivity index (χ2n) is 3.59. The first-order valence-electron chi connectivity index (χ1n) is 4.86. The number of hydrogen-bond acceptors (Lipinski definition) is 1. The first-order valence-corrected chi connectivity index (χ1v) is 5.24. The molecule has 0 fully saturated rings. The Labute approximate surface area is 99.1 Å². The molecule has 0 amide bonds. The first-order chi connectivity index (χ1) is 7.59. The van der Waals surface area contributed by atoms with Gasteiger partial charge in [-0.2, -0.15) is 0 Å². The molecule has 1 nitrogen and oxygen atoms in total. The summed E-state index contributed by atoms with van der Waals surface area (Å²) < 4.78 is 12.9. The van der Waals surface area contributed by atoms with E-state index in [9.17, 15) is 4.39 Å². The summed E-state index contributed by atoms with van der Waals surface area (Å²) in [6.45, 7) is 3.90. The van der Waals surface area contributed by atoms with Gasteiger partial charge in [-0.15, -0.1) is 0 Å². The molecule has 0 N–H and O–H groups in total. The third kappa shape index (κ3) is 1.89. The molecule has 0 aromatic heterocycles. The fraction of sp³-hybridized carbons (Fsp3) is 0.0769. The summed E-state index contributed by atoms with van der Waals surface area (Å²) in [5.41, 5.74) is 2.59. The van der Waals surface area contributed by atoms with Gasteiger partial charge in [0.25, 0.3) is 0 Å². The van der Waals surface area contributed by atoms with Gasteiger partial charge < -0.3 is 4.90 Å². The average Bonchev–Trinajstić information content (AvgIpc) is 2.23. The van der Waals surface area contributed by atoms with E-state index in [1.54, 1.807) is 6.07 Å². The number of allylic oxidation sites excluding steroid dienone is 3. The molecule has 82 valence electrons. The summed E-state index contributed by atoms with van der Waals surface area (Å²) in [5.74, 6) is -0.331. The lowest BCUT2D eigenvalue weighted by molar-refractivity contribution is 0.612. The highest BCUT2D eigenvalue weighted by atomic mass is 35.5. The van der Waals surface area contributed by atoms with Crippen LogP contribution in [0.4, 0.5) is 4.39 Å². The Morgan fingerprint density at radius 3 is 2.81 bits per heavy atom. The van der Waals surface area contributed by atoms with E-state index in [1.807, 2.05) is 30.2 Å². The lowest BCUT2D eigenvalue weighted by atomic mass is 10.1. The van der Waals surface area contributed by atoms with Crippen molar-refractivity contribution in [2.24, 2.45) is 0 Å². The molecule has 0 radical (unpaired) electrons. The van der Waals surface area contributed by atoms with Gasteiger partial charge in [0.1, 0.15) is 5.82 Å². The zero-order valence-corrected chi connectivity index (χ0v) is 9.63. The standard InChI is InChI=1S/C13H11ClFN/c1-9-4-3-5-13(16(9)2)11-7-6-10(15)8-12(11)14/h3-8H,1H2,2H3. The van der Waals surface area contributed by atoms with Crippen molar-refractivity contribution in [2.75, 3.05) is 7.05 Å². The molecule has 0 saturated heterocycles.